The zero-order valence-corrected chi connectivity index (χ0v) is 21.9. The van der Waals surface area contributed by atoms with E-state index in [9.17, 15) is 8.42 Å². The molecule has 0 aliphatic heterocycles. The van der Waals surface area contributed by atoms with Crippen LogP contribution in [0.4, 0.5) is 5.69 Å². The van der Waals surface area contributed by atoms with Crippen molar-refractivity contribution in [3.05, 3.63) is 102 Å². The molecule has 6 rings (SSSR count). The van der Waals surface area contributed by atoms with Crippen LogP contribution in [0, 0.1) is 0 Å². The van der Waals surface area contributed by atoms with E-state index in [0.717, 1.165) is 19.3 Å². The normalized spacial score (nSPS) is 16.3. The van der Waals surface area contributed by atoms with Crippen molar-refractivity contribution in [2.24, 2.45) is 0 Å². The zero-order chi connectivity index (χ0) is 25.4. The van der Waals surface area contributed by atoms with E-state index in [1.54, 1.807) is 0 Å². The molecule has 188 valence electrons. The van der Waals surface area contributed by atoms with Crippen LogP contribution in [0.5, 0.6) is 0 Å². The fourth-order valence-corrected chi connectivity index (χ4v) is 6.53. The lowest BCUT2D eigenvalue weighted by Crippen LogP contribution is -2.34. The minimum atomic E-state index is -2.86. The number of hydrogen-bond donors (Lipinski definition) is 1. The summed E-state index contributed by atoms with van der Waals surface area (Å²) >= 11 is 0. The van der Waals surface area contributed by atoms with Gasteiger partial charge in [-0.3, -0.25) is 4.18 Å². The maximum absolute atomic E-state index is 11.2. The molecule has 0 spiro atoms. The van der Waals surface area contributed by atoms with E-state index in [1.807, 2.05) is 6.92 Å². The van der Waals surface area contributed by atoms with Gasteiger partial charge in [-0.2, -0.15) is 0 Å². The van der Waals surface area contributed by atoms with E-state index in [2.05, 4.69) is 95.9 Å². The molecule has 0 bridgehead atoms. The number of hydrogen-bond acceptors (Lipinski definition) is 4. The smallest absolute Gasteiger partial charge is 0.257 e. The first-order chi connectivity index (χ1) is 18.1. The fraction of sp³-hybridized carbons (Fsp3) is 0.250. The van der Waals surface area contributed by atoms with Crippen molar-refractivity contribution in [1.29, 1.82) is 0 Å². The lowest BCUT2D eigenvalue weighted by atomic mass is 9.82. The van der Waals surface area contributed by atoms with Crippen LogP contribution < -0.4 is 4.90 Å². The second-order valence-electron chi connectivity index (χ2n) is 10.0. The SMILES string of the molecule is CC(CCN(c1cccc2ccccc12)C1CCCc2c1ccc1c2ccc2ccccc21)O[SH](=O)=O. The number of fused-ring (bicyclic) bond motifs is 6. The van der Waals surface area contributed by atoms with E-state index in [4.69, 9.17) is 4.18 Å². The van der Waals surface area contributed by atoms with Gasteiger partial charge in [0.1, 0.15) is 0 Å². The Morgan fingerprint density at radius 3 is 2.32 bits per heavy atom. The quantitative estimate of drug-likeness (QED) is 0.184. The van der Waals surface area contributed by atoms with Gasteiger partial charge in [-0.1, -0.05) is 84.9 Å². The third kappa shape index (κ3) is 4.58. The monoisotopic (exact) mass is 509 g/mol. The molecule has 0 heterocycles. The lowest BCUT2D eigenvalue weighted by Gasteiger charge is -2.39. The van der Waals surface area contributed by atoms with Crippen LogP contribution in [0.2, 0.25) is 0 Å². The summed E-state index contributed by atoms with van der Waals surface area (Å²) in [5, 5.41) is 7.65. The highest BCUT2D eigenvalue weighted by Crippen LogP contribution is 2.43. The highest BCUT2D eigenvalue weighted by molar-refractivity contribution is 7.67. The van der Waals surface area contributed by atoms with Gasteiger partial charge < -0.3 is 4.90 Å². The minimum absolute atomic E-state index is 0.207. The van der Waals surface area contributed by atoms with Gasteiger partial charge in [0.25, 0.3) is 11.0 Å². The van der Waals surface area contributed by atoms with E-state index < -0.39 is 11.0 Å². The molecule has 0 radical (unpaired) electrons. The second-order valence-corrected chi connectivity index (χ2v) is 10.7. The van der Waals surface area contributed by atoms with Crippen LogP contribution in [-0.4, -0.2) is 21.1 Å². The third-order valence-corrected chi connectivity index (χ3v) is 8.36. The molecule has 5 aromatic carbocycles. The third-order valence-electron chi connectivity index (χ3n) is 7.83. The first kappa shape index (κ1) is 24.0. The van der Waals surface area contributed by atoms with E-state index in [-0.39, 0.29) is 12.1 Å². The van der Waals surface area contributed by atoms with Crippen LogP contribution >= 0.6 is 0 Å². The zero-order valence-electron chi connectivity index (χ0n) is 21.0. The van der Waals surface area contributed by atoms with Crippen molar-refractivity contribution < 1.29 is 12.6 Å². The van der Waals surface area contributed by atoms with Crippen molar-refractivity contribution in [1.82, 2.24) is 0 Å². The van der Waals surface area contributed by atoms with Crippen molar-refractivity contribution in [2.45, 2.75) is 44.8 Å². The summed E-state index contributed by atoms with van der Waals surface area (Å²) in [6.07, 6.45) is 3.49. The Bertz CT molecular complexity index is 1660. The van der Waals surface area contributed by atoms with Crippen LogP contribution in [0.25, 0.3) is 32.3 Å². The molecule has 5 heteroatoms. The summed E-state index contributed by atoms with van der Waals surface area (Å²) in [5.41, 5.74) is 4.01. The molecular formula is C32H31NO3S. The number of anilines is 1. The molecule has 4 nitrogen and oxygen atoms in total. The molecule has 0 N–H and O–H groups in total. The molecule has 1 aliphatic rings. The number of nitrogens with zero attached hydrogens (tertiary/aromatic N) is 1. The van der Waals surface area contributed by atoms with Crippen LogP contribution in [-0.2, 0) is 21.6 Å². The Kier molecular flexibility index (Phi) is 6.58. The topological polar surface area (TPSA) is 46.6 Å². The predicted molar refractivity (Wildman–Crippen MR) is 154 cm³/mol. The number of aryl methyl sites for hydroxylation is 1. The molecule has 0 fully saturated rings. The van der Waals surface area contributed by atoms with Crippen LogP contribution in [0.3, 0.4) is 0 Å². The molecule has 0 saturated heterocycles. The highest BCUT2D eigenvalue weighted by Gasteiger charge is 2.29. The van der Waals surface area contributed by atoms with Gasteiger partial charge in [-0.25, -0.2) is 8.42 Å². The Labute approximate surface area is 219 Å². The van der Waals surface area contributed by atoms with Gasteiger partial charge in [0.2, 0.25) is 0 Å². The standard InChI is InChI=1S/C32H31NO3S/c1-22(36-37(34)35)20-21-33(31-14-6-10-23-8-3-5-12-26(23)31)32-15-7-13-27-29-17-16-24-9-2-4-11-25(24)28(29)18-19-30(27)32/h2-6,8-12,14,16-19,22,32,37H,7,13,15,20-21H2,1H3. The average molecular weight is 510 g/mol. The second kappa shape index (κ2) is 10.2. The van der Waals surface area contributed by atoms with Crippen molar-refractivity contribution >= 4 is 49.0 Å². The average Bonchev–Trinajstić information content (AvgIpc) is 2.92. The van der Waals surface area contributed by atoms with Gasteiger partial charge in [0.15, 0.2) is 0 Å². The van der Waals surface area contributed by atoms with Crippen molar-refractivity contribution in [3.8, 4) is 0 Å². The predicted octanol–water partition coefficient (Wildman–Crippen LogP) is 7.35. The largest absolute Gasteiger partial charge is 0.364 e. The van der Waals surface area contributed by atoms with Crippen LogP contribution in [0.15, 0.2) is 91.0 Å². The van der Waals surface area contributed by atoms with Gasteiger partial charge in [0, 0.05) is 17.6 Å². The molecule has 2 atom stereocenters. The highest BCUT2D eigenvalue weighted by atomic mass is 32.2. The maximum atomic E-state index is 11.2. The molecule has 0 saturated carbocycles. The molecule has 2 unspecified atom stereocenters. The van der Waals surface area contributed by atoms with Crippen molar-refractivity contribution in [2.75, 3.05) is 11.4 Å². The van der Waals surface area contributed by atoms with Gasteiger partial charge >= 0.3 is 0 Å². The Balaban J connectivity index is 1.47. The Morgan fingerprint density at radius 2 is 1.51 bits per heavy atom. The lowest BCUT2D eigenvalue weighted by molar-refractivity contribution is 0.228. The summed E-state index contributed by atoms with van der Waals surface area (Å²) in [6.45, 7) is 2.54. The summed E-state index contributed by atoms with van der Waals surface area (Å²) < 4.78 is 27.5. The fourth-order valence-electron chi connectivity index (χ4n) is 6.13. The van der Waals surface area contributed by atoms with Gasteiger partial charge in [-0.15, -0.1) is 0 Å². The van der Waals surface area contributed by atoms with E-state index in [1.165, 1.54) is 49.1 Å². The first-order valence-corrected chi connectivity index (χ1v) is 14.2. The molecule has 37 heavy (non-hydrogen) atoms. The maximum Gasteiger partial charge on any atom is 0.257 e. The molecular weight excluding hydrogens is 478 g/mol. The van der Waals surface area contributed by atoms with E-state index in [0.29, 0.717) is 13.0 Å². The Morgan fingerprint density at radius 1 is 0.811 bits per heavy atom. The number of benzene rings is 5. The van der Waals surface area contributed by atoms with Crippen LogP contribution in [0.1, 0.15) is 43.4 Å². The molecule has 0 aromatic heterocycles. The first-order valence-electron chi connectivity index (χ1n) is 13.1. The molecule has 0 amide bonds. The molecule has 1 aliphatic carbocycles. The van der Waals surface area contributed by atoms with Gasteiger partial charge in [-0.05, 0) is 76.7 Å². The number of rotatable bonds is 7. The summed E-state index contributed by atoms with van der Waals surface area (Å²) in [4.78, 5) is 2.49. The molecule has 5 aromatic rings. The summed E-state index contributed by atoms with van der Waals surface area (Å²) in [6, 6.07) is 32.9. The number of thiol groups is 1. The summed E-state index contributed by atoms with van der Waals surface area (Å²) in [7, 11) is -2.86. The Hall–Kier alpha value is -3.41. The van der Waals surface area contributed by atoms with Crippen molar-refractivity contribution in [3.63, 3.8) is 0 Å². The van der Waals surface area contributed by atoms with Gasteiger partial charge in [0.05, 0.1) is 12.1 Å². The van der Waals surface area contributed by atoms with E-state index >= 15 is 0 Å². The summed E-state index contributed by atoms with van der Waals surface area (Å²) in [5.74, 6) is 0. The minimum Gasteiger partial charge on any atom is -0.364 e.